The van der Waals surface area contributed by atoms with Gasteiger partial charge in [0, 0.05) is 30.4 Å². The van der Waals surface area contributed by atoms with Gasteiger partial charge in [0.05, 0.1) is 11.4 Å². The van der Waals surface area contributed by atoms with Gasteiger partial charge in [-0.1, -0.05) is 12.8 Å². The molecule has 1 N–H and O–H groups in total. The summed E-state index contributed by atoms with van der Waals surface area (Å²) < 4.78 is 3.06. The predicted octanol–water partition coefficient (Wildman–Crippen LogP) is 1.88. The predicted molar refractivity (Wildman–Crippen MR) is 95.3 cm³/mol. The van der Waals surface area contributed by atoms with E-state index < -0.39 is 6.04 Å². The van der Waals surface area contributed by atoms with Crippen molar-refractivity contribution in [3.05, 3.63) is 33.9 Å². The van der Waals surface area contributed by atoms with Gasteiger partial charge in [-0.15, -0.1) is 0 Å². The Morgan fingerprint density at radius 1 is 1.24 bits per heavy atom. The maximum absolute atomic E-state index is 12.5. The van der Waals surface area contributed by atoms with Crippen molar-refractivity contribution in [3.8, 4) is 11.3 Å². The van der Waals surface area contributed by atoms with Crippen LogP contribution in [-0.4, -0.2) is 31.5 Å². The fraction of sp³-hybridized carbons (Fsp3) is 0.556. The van der Waals surface area contributed by atoms with Gasteiger partial charge in [0.1, 0.15) is 6.04 Å². The minimum absolute atomic E-state index is 0.154. The molecule has 1 atom stereocenters. The van der Waals surface area contributed by atoms with Gasteiger partial charge >= 0.3 is 0 Å². The number of aromatic nitrogens is 4. The molecule has 0 aliphatic heterocycles. The van der Waals surface area contributed by atoms with Crippen molar-refractivity contribution in [1.82, 2.24) is 24.9 Å². The van der Waals surface area contributed by atoms with Crippen LogP contribution in [0.2, 0.25) is 0 Å². The topological polar surface area (TPSA) is 81.8 Å². The van der Waals surface area contributed by atoms with Gasteiger partial charge in [0.15, 0.2) is 0 Å². The summed E-state index contributed by atoms with van der Waals surface area (Å²) in [4.78, 5) is 24.8. The van der Waals surface area contributed by atoms with Crippen LogP contribution in [0.1, 0.15) is 50.0 Å². The summed E-state index contributed by atoms with van der Waals surface area (Å²) in [5, 5.41) is 11.9. The fourth-order valence-electron chi connectivity index (χ4n) is 3.48. The monoisotopic (exact) mass is 343 g/mol. The van der Waals surface area contributed by atoms with E-state index in [1.54, 1.807) is 17.7 Å². The van der Waals surface area contributed by atoms with Crippen molar-refractivity contribution >= 4 is 5.91 Å². The number of amides is 1. The normalized spacial score (nSPS) is 16.2. The molecule has 1 aliphatic carbocycles. The first-order valence-corrected chi connectivity index (χ1v) is 8.79. The number of rotatable bonds is 4. The van der Waals surface area contributed by atoms with E-state index in [9.17, 15) is 9.59 Å². The van der Waals surface area contributed by atoms with Crippen molar-refractivity contribution in [2.24, 2.45) is 7.05 Å². The van der Waals surface area contributed by atoms with Crippen LogP contribution >= 0.6 is 0 Å². The molecule has 0 spiro atoms. The molecule has 2 aromatic heterocycles. The van der Waals surface area contributed by atoms with Crippen molar-refractivity contribution < 1.29 is 4.79 Å². The van der Waals surface area contributed by atoms with Crippen molar-refractivity contribution in [3.63, 3.8) is 0 Å². The van der Waals surface area contributed by atoms with Crippen molar-refractivity contribution in [2.45, 2.75) is 58.5 Å². The first-order chi connectivity index (χ1) is 11.9. The number of nitrogens with zero attached hydrogens (tertiary/aromatic N) is 4. The molecule has 0 radical (unpaired) electrons. The molecule has 0 saturated heterocycles. The molecule has 1 amide bonds. The molecule has 0 unspecified atom stereocenters. The summed E-state index contributed by atoms with van der Waals surface area (Å²) >= 11 is 0. The average Bonchev–Trinajstić information content (AvgIpc) is 3.16. The Morgan fingerprint density at radius 3 is 2.52 bits per heavy atom. The highest BCUT2D eigenvalue weighted by atomic mass is 16.2. The van der Waals surface area contributed by atoms with Gasteiger partial charge < -0.3 is 5.32 Å². The highest BCUT2D eigenvalue weighted by molar-refractivity contribution is 5.80. The minimum Gasteiger partial charge on any atom is -0.352 e. The third kappa shape index (κ3) is 3.36. The summed E-state index contributed by atoms with van der Waals surface area (Å²) in [5.41, 5.74) is 3.10. The zero-order chi connectivity index (χ0) is 18.1. The van der Waals surface area contributed by atoms with E-state index in [0.29, 0.717) is 5.69 Å². The molecule has 0 aromatic carbocycles. The molecule has 134 valence electrons. The zero-order valence-electron chi connectivity index (χ0n) is 15.2. The number of nitrogens with one attached hydrogen (secondary N) is 1. The van der Waals surface area contributed by atoms with Crippen LogP contribution in [0.4, 0.5) is 0 Å². The Bertz CT molecular complexity index is 846. The minimum atomic E-state index is -0.648. The molecule has 7 nitrogen and oxygen atoms in total. The lowest BCUT2D eigenvalue weighted by molar-refractivity contribution is -0.124. The van der Waals surface area contributed by atoms with Gasteiger partial charge in [-0.3, -0.25) is 14.3 Å². The maximum Gasteiger partial charge on any atom is 0.267 e. The molecule has 7 heteroatoms. The molecule has 25 heavy (non-hydrogen) atoms. The van der Waals surface area contributed by atoms with Crippen LogP contribution in [0.3, 0.4) is 0 Å². The molecule has 0 bridgehead atoms. The lowest BCUT2D eigenvalue weighted by Crippen LogP contribution is -2.40. The van der Waals surface area contributed by atoms with E-state index >= 15 is 0 Å². The number of carbonyl (C=O) groups excluding carboxylic acids is 1. The SMILES string of the molecule is Cc1nn(C)c(C)c1-c1ccc(=O)n([C@H](C)C(=O)NC2CCCC2)n1. The molecule has 2 aromatic rings. The van der Waals surface area contributed by atoms with E-state index in [1.807, 2.05) is 20.9 Å². The third-order valence-corrected chi connectivity index (χ3v) is 5.04. The van der Waals surface area contributed by atoms with Gasteiger partial charge in [-0.25, -0.2) is 4.68 Å². The van der Waals surface area contributed by atoms with Gasteiger partial charge in [0.25, 0.3) is 5.56 Å². The second-order valence-corrected chi connectivity index (χ2v) is 6.84. The maximum atomic E-state index is 12.5. The molecule has 1 fully saturated rings. The van der Waals surface area contributed by atoms with Crippen LogP contribution in [0.15, 0.2) is 16.9 Å². The smallest absolute Gasteiger partial charge is 0.267 e. The first kappa shape index (κ1) is 17.4. The van der Waals surface area contributed by atoms with Crippen molar-refractivity contribution in [2.75, 3.05) is 0 Å². The summed E-state index contributed by atoms with van der Waals surface area (Å²) in [6.07, 6.45) is 4.31. The number of hydrogen-bond acceptors (Lipinski definition) is 4. The summed E-state index contributed by atoms with van der Waals surface area (Å²) in [6.45, 7) is 5.59. The Labute approximate surface area is 147 Å². The fourth-order valence-corrected chi connectivity index (χ4v) is 3.48. The van der Waals surface area contributed by atoms with Crippen LogP contribution < -0.4 is 10.9 Å². The zero-order valence-corrected chi connectivity index (χ0v) is 15.2. The molecule has 1 aliphatic rings. The number of aryl methyl sites for hydroxylation is 2. The average molecular weight is 343 g/mol. The Hall–Kier alpha value is -2.44. The van der Waals surface area contributed by atoms with E-state index in [4.69, 9.17) is 0 Å². The quantitative estimate of drug-likeness (QED) is 0.919. The van der Waals surface area contributed by atoms with E-state index in [1.165, 1.54) is 10.7 Å². The van der Waals surface area contributed by atoms with Crippen LogP contribution in [0, 0.1) is 13.8 Å². The third-order valence-electron chi connectivity index (χ3n) is 5.04. The Balaban J connectivity index is 1.91. The van der Waals surface area contributed by atoms with Gasteiger partial charge in [-0.2, -0.15) is 10.2 Å². The second-order valence-electron chi connectivity index (χ2n) is 6.84. The molecule has 3 rings (SSSR count). The summed E-state index contributed by atoms with van der Waals surface area (Å²) in [6, 6.07) is 2.73. The van der Waals surface area contributed by atoms with Crippen LogP contribution in [0.25, 0.3) is 11.3 Å². The standard InChI is InChI=1S/C18H25N5O2/c1-11-17(12(2)22(4)20-11)15-9-10-16(24)23(21-15)13(3)18(25)19-14-7-5-6-8-14/h9-10,13-14H,5-8H2,1-4H3,(H,19,25)/t13-/m1/s1. The molecular formula is C18H25N5O2. The van der Waals surface area contributed by atoms with Crippen molar-refractivity contribution in [1.29, 1.82) is 0 Å². The highest BCUT2D eigenvalue weighted by Crippen LogP contribution is 2.24. The molecule has 2 heterocycles. The number of carbonyl (C=O) groups is 1. The lowest BCUT2D eigenvalue weighted by atomic mass is 10.1. The second kappa shape index (κ2) is 6.82. The van der Waals surface area contributed by atoms with Crippen LogP contribution in [0.5, 0.6) is 0 Å². The summed E-state index contributed by atoms with van der Waals surface area (Å²) in [5.74, 6) is -0.154. The first-order valence-electron chi connectivity index (χ1n) is 8.79. The molecule has 1 saturated carbocycles. The van der Waals surface area contributed by atoms with Gasteiger partial charge in [0.2, 0.25) is 5.91 Å². The summed E-state index contributed by atoms with van der Waals surface area (Å²) in [7, 11) is 1.87. The van der Waals surface area contributed by atoms with E-state index in [2.05, 4.69) is 15.5 Å². The van der Waals surface area contributed by atoms with Crippen LogP contribution in [-0.2, 0) is 11.8 Å². The largest absolute Gasteiger partial charge is 0.352 e. The number of hydrogen-bond donors (Lipinski definition) is 1. The Morgan fingerprint density at radius 2 is 1.92 bits per heavy atom. The lowest BCUT2D eigenvalue weighted by Gasteiger charge is -2.18. The highest BCUT2D eigenvalue weighted by Gasteiger charge is 2.23. The van der Waals surface area contributed by atoms with Gasteiger partial charge in [-0.05, 0) is 39.7 Å². The van der Waals surface area contributed by atoms with E-state index in [0.717, 1.165) is 42.6 Å². The van der Waals surface area contributed by atoms with E-state index in [-0.39, 0.29) is 17.5 Å². The molecular weight excluding hydrogens is 318 g/mol. The Kier molecular flexibility index (Phi) is 4.74.